The van der Waals surface area contributed by atoms with Crippen LogP contribution in [0.1, 0.15) is 79.1 Å². The molecule has 1 N–H and O–H groups in total. The van der Waals surface area contributed by atoms with Crippen LogP contribution in [0.4, 0.5) is 0 Å². The van der Waals surface area contributed by atoms with Crippen LogP contribution >= 0.6 is 0 Å². The summed E-state index contributed by atoms with van der Waals surface area (Å²) in [5.74, 6) is 3.41. The van der Waals surface area contributed by atoms with Gasteiger partial charge in [-0.05, 0) is 97.9 Å². The van der Waals surface area contributed by atoms with Crippen LogP contribution in [0, 0.1) is 40.4 Å². The van der Waals surface area contributed by atoms with Crippen molar-refractivity contribution >= 4 is 5.97 Å². The molecule has 4 aliphatic rings. The molecule has 8 atom stereocenters. The van der Waals surface area contributed by atoms with Gasteiger partial charge in [0.1, 0.15) is 0 Å². The van der Waals surface area contributed by atoms with E-state index in [0.717, 1.165) is 31.1 Å². The number of aliphatic hydroxyl groups excluding tert-OH is 1. The molecule has 0 aliphatic heterocycles. The molecule has 29 heavy (non-hydrogen) atoms. The maximum absolute atomic E-state index is 11.9. The number of carbonyl (C=O) groups is 1. The van der Waals surface area contributed by atoms with Gasteiger partial charge in [-0.25, -0.2) is 0 Å². The first-order valence-electron chi connectivity index (χ1n) is 12.0. The summed E-state index contributed by atoms with van der Waals surface area (Å²) >= 11 is 0. The fraction of sp³-hybridized carbons (Fsp3) is 0.808. The fourth-order valence-electron chi connectivity index (χ4n) is 7.89. The molecule has 0 aromatic rings. The van der Waals surface area contributed by atoms with Crippen LogP contribution in [-0.2, 0) is 9.53 Å². The van der Waals surface area contributed by atoms with Crippen molar-refractivity contribution in [2.75, 3.05) is 6.61 Å². The van der Waals surface area contributed by atoms with Crippen LogP contribution in [-0.4, -0.2) is 23.8 Å². The van der Waals surface area contributed by atoms with Crippen molar-refractivity contribution in [3.63, 3.8) is 0 Å². The topological polar surface area (TPSA) is 46.5 Å². The minimum atomic E-state index is -0.260. The van der Waals surface area contributed by atoms with E-state index in [9.17, 15) is 9.90 Å². The lowest BCUT2D eigenvalue weighted by Crippen LogP contribution is -2.49. The van der Waals surface area contributed by atoms with E-state index in [2.05, 4.69) is 39.0 Å². The lowest BCUT2D eigenvalue weighted by molar-refractivity contribution is -0.143. The van der Waals surface area contributed by atoms with Gasteiger partial charge in [0.15, 0.2) is 0 Å². The van der Waals surface area contributed by atoms with Gasteiger partial charge in [-0.3, -0.25) is 4.79 Å². The number of rotatable bonds is 5. The summed E-state index contributed by atoms with van der Waals surface area (Å²) < 4.78 is 5.16. The van der Waals surface area contributed by atoms with Crippen LogP contribution in [0.15, 0.2) is 23.8 Å². The Morgan fingerprint density at radius 3 is 2.76 bits per heavy atom. The Morgan fingerprint density at radius 1 is 1.21 bits per heavy atom. The summed E-state index contributed by atoms with van der Waals surface area (Å²) in [5, 5.41) is 10.1. The minimum absolute atomic E-state index is 0.0373. The maximum Gasteiger partial charge on any atom is 0.305 e. The molecule has 2 fully saturated rings. The number of hydrogen-bond donors (Lipinski definition) is 1. The number of fused-ring (bicyclic) bond motifs is 5. The summed E-state index contributed by atoms with van der Waals surface area (Å²) in [6.07, 6.45) is 15.5. The van der Waals surface area contributed by atoms with Crippen molar-refractivity contribution in [3.8, 4) is 0 Å². The molecule has 0 saturated heterocycles. The van der Waals surface area contributed by atoms with E-state index in [-0.39, 0.29) is 17.5 Å². The summed E-state index contributed by atoms with van der Waals surface area (Å²) in [6.45, 7) is 9.75. The second-order valence-electron chi connectivity index (χ2n) is 10.8. The van der Waals surface area contributed by atoms with Gasteiger partial charge < -0.3 is 9.84 Å². The molecule has 4 rings (SSSR count). The normalized spacial score (nSPS) is 44.3. The van der Waals surface area contributed by atoms with Crippen molar-refractivity contribution in [2.24, 2.45) is 40.4 Å². The largest absolute Gasteiger partial charge is 0.466 e. The Balaban J connectivity index is 1.51. The molecule has 2 saturated carbocycles. The van der Waals surface area contributed by atoms with Gasteiger partial charge in [0.2, 0.25) is 0 Å². The van der Waals surface area contributed by atoms with Gasteiger partial charge in [0, 0.05) is 6.42 Å². The van der Waals surface area contributed by atoms with Crippen molar-refractivity contribution in [1.82, 2.24) is 0 Å². The van der Waals surface area contributed by atoms with E-state index in [0.29, 0.717) is 36.2 Å². The van der Waals surface area contributed by atoms with Crippen LogP contribution in [0.25, 0.3) is 0 Å². The summed E-state index contributed by atoms with van der Waals surface area (Å²) in [7, 11) is 0. The molecular weight excluding hydrogens is 360 g/mol. The third-order valence-corrected chi connectivity index (χ3v) is 9.51. The Morgan fingerprint density at radius 2 is 2.00 bits per heavy atom. The molecule has 0 heterocycles. The van der Waals surface area contributed by atoms with E-state index >= 15 is 0 Å². The van der Waals surface area contributed by atoms with E-state index in [1.54, 1.807) is 0 Å². The lowest BCUT2D eigenvalue weighted by atomic mass is 9.48. The zero-order chi connectivity index (χ0) is 20.8. The molecule has 0 amide bonds. The quantitative estimate of drug-likeness (QED) is 0.604. The highest BCUT2D eigenvalue weighted by Gasteiger charge is 2.58. The molecular formula is C26H40O3. The highest BCUT2D eigenvalue weighted by atomic mass is 16.5. The van der Waals surface area contributed by atoms with Gasteiger partial charge in [-0.1, -0.05) is 39.0 Å². The second kappa shape index (κ2) is 7.87. The molecule has 0 aromatic heterocycles. The lowest BCUT2D eigenvalue weighted by Gasteiger charge is -2.57. The molecule has 162 valence electrons. The number of aliphatic hydroxyl groups is 1. The van der Waals surface area contributed by atoms with Crippen molar-refractivity contribution in [1.29, 1.82) is 0 Å². The molecule has 4 aliphatic carbocycles. The molecule has 3 nitrogen and oxygen atoms in total. The Hall–Kier alpha value is -1.09. The zero-order valence-electron chi connectivity index (χ0n) is 18.8. The van der Waals surface area contributed by atoms with Gasteiger partial charge >= 0.3 is 5.97 Å². The smallest absolute Gasteiger partial charge is 0.305 e. The number of esters is 1. The second-order valence-corrected chi connectivity index (χ2v) is 10.8. The van der Waals surface area contributed by atoms with Gasteiger partial charge in [0.25, 0.3) is 0 Å². The van der Waals surface area contributed by atoms with E-state index < -0.39 is 0 Å². The Bertz CT molecular complexity index is 694. The van der Waals surface area contributed by atoms with E-state index in [1.807, 2.05) is 6.92 Å². The summed E-state index contributed by atoms with van der Waals surface area (Å²) in [4.78, 5) is 11.9. The predicted molar refractivity (Wildman–Crippen MR) is 116 cm³/mol. The average molecular weight is 401 g/mol. The predicted octanol–water partition coefficient (Wildman–Crippen LogP) is 5.68. The monoisotopic (exact) mass is 400 g/mol. The molecule has 4 unspecified atom stereocenters. The first kappa shape index (κ1) is 21.2. The molecule has 0 bridgehead atoms. The molecule has 0 radical (unpaired) electrons. The number of ether oxygens (including phenoxy) is 1. The van der Waals surface area contributed by atoms with Gasteiger partial charge in [-0.2, -0.15) is 0 Å². The van der Waals surface area contributed by atoms with Crippen LogP contribution in [0.5, 0.6) is 0 Å². The minimum Gasteiger partial charge on any atom is -0.466 e. The first-order chi connectivity index (χ1) is 13.8. The Labute approximate surface area is 177 Å². The fourth-order valence-corrected chi connectivity index (χ4v) is 7.89. The molecule has 0 aromatic carbocycles. The first-order valence-corrected chi connectivity index (χ1v) is 12.0. The zero-order valence-corrected chi connectivity index (χ0v) is 18.8. The van der Waals surface area contributed by atoms with E-state index in [1.165, 1.54) is 31.3 Å². The Kier molecular flexibility index (Phi) is 5.74. The highest BCUT2D eigenvalue weighted by molar-refractivity contribution is 5.69. The number of hydrogen-bond acceptors (Lipinski definition) is 3. The SMILES string of the molecule is CCOC(=O)CC[C@@H](C)[C@H]1CCC2C3C=CC4=CC(O)CC[C@]4(C)C3CC[C@@]21C. The van der Waals surface area contributed by atoms with Crippen molar-refractivity contribution < 1.29 is 14.6 Å². The van der Waals surface area contributed by atoms with Gasteiger partial charge in [-0.15, -0.1) is 0 Å². The number of carbonyl (C=O) groups excluding carboxylic acids is 1. The van der Waals surface area contributed by atoms with Gasteiger partial charge in [0.05, 0.1) is 12.7 Å². The maximum atomic E-state index is 11.9. The van der Waals surface area contributed by atoms with Crippen molar-refractivity contribution in [3.05, 3.63) is 23.8 Å². The third kappa shape index (κ3) is 3.52. The van der Waals surface area contributed by atoms with E-state index in [4.69, 9.17) is 4.74 Å². The third-order valence-electron chi connectivity index (χ3n) is 9.51. The molecule has 0 spiro atoms. The average Bonchev–Trinajstić information content (AvgIpc) is 3.04. The highest BCUT2D eigenvalue weighted by Crippen LogP contribution is 2.66. The standard InChI is InChI=1S/C26H40O3/c1-5-29-24(28)11-6-17(2)21-9-10-22-20-8-7-18-16-19(27)12-14-25(18,3)23(20)13-15-26(21,22)4/h7-8,16-17,19-23,27H,5-6,9-15H2,1-4H3/t17-,19?,20?,21-,22?,23?,25+,26-/m1/s1. The van der Waals surface area contributed by atoms with Crippen molar-refractivity contribution in [2.45, 2.75) is 85.2 Å². The van der Waals surface area contributed by atoms with Crippen LogP contribution in [0.2, 0.25) is 0 Å². The van der Waals surface area contributed by atoms with Crippen LogP contribution in [0.3, 0.4) is 0 Å². The summed E-state index contributed by atoms with van der Waals surface area (Å²) in [6, 6.07) is 0. The van der Waals surface area contributed by atoms with Crippen LogP contribution < -0.4 is 0 Å². The molecule has 3 heteroatoms. The summed E-state index contributed by atoms with van der Waals surface area (Å²) in [5.41, 5.74) is 2.03. The number of allylic oxidation sites excluding steroid dienone is 3.